The Labute approximate surface area is 114 Å². The number of nitrogens with zero attached hydrogens (tertiary/aromatic N) is 2. The zero-order chi connectivity index (χ0) is 14.0. The van der Waals surface area contributed by atoms with Crippen LogP contribution < -0.4 is 0 Å². The van der Waals surface area contributed by atoms with Crippen molar-refractivity contribution in [3.8, 4) is 0 Å². The lowest BCUT2D eigenvalue weighted by atomic mass is 9.84. The Balaban J connectivity index is 1.97. The second kappa shape index (κ2) is 5.39. The third kappa shape index (κ3) is 2.55. The SMILES string of the molecule is CCC1CCN(C(=O)N2CCC(CC)(C(=O)O)C2)C1. The molecule has 2 atom stereocenters. The molecule has 0 aromatic heterocycles. The summed E-state index contributed by atoms with van der Waals surface area (Å²) >= 11 is 0. The average molecular weight is 268 g/mol. The fourth-order valence-corrected chi connectivity index (χ4v) is 3.19. The van der Waals surface area contributed by atoms with Gasteiger partial charge in [-0.2, -0.15) is 0 Å². The Morgan fingerprint density at radius 1 is 1.26 bits per heavy atom. The quantitative estimate of drug-likeness (QED) is 0.852. The summed E-state index contributed by atoms with van der Waals surface area (Å²) in [4.78, 5) is 27.4. The molecule has 2 rings (SSSR count). The minimum Gasteiger partial charge on any atom is -0.481 e. The van der Waals surface area contributed by atoms with E-state index in [2.05, 4.69) is 6.92 Å². The van der Waals surface area contributed by atoms with Crippen molar-refractivity contribution >= 4 is 12.0 Å². The number of amides is 2. The van der Waals surface area contributed by atoms with Crippen LogP contribution in [0.1, 0.15) is 39.5 Å². The van der Waals surface area contributed by atoms with E-state index >= 15 is 0 Å². The molecule has 2 amide bonds. The van der Waals surface area contributed by atoms with Crippen LogP contribution in [-0.2, 0) is 4.79 Å². The van der Waals surface area contributed by atoms with Gasteiger partial charge in [-0.15, -0.1) is 0 Å². The fourth-order valence-electron chi connectivity index (χ4n) is 3.19. The van der Waals surface area contributed by atoms with Crippen molar-refractivity contribution in [1.82, 2.24) is 9.80 Å². The highest BCUT2D eigenvalue weighted by Crippen LogP contribution is 2.35. The third-order valence-electron chi connectivity index (χ3n) is 4.89. The molecule has 2 aliphatic heterocycles. The zero-order valence-electron chi connectivity index (χ0n) is 11.9. The van der Waals surface area contributed by atoms with Gasteiger partial charge in [-0.1, -0.05) is 20.3 Å². The second-order valence-electron chi connectivity index (χ2n) is 5.90. The molecule has 2 aliphatic rings. The Hall–Kier alpha value is -1.26. The van der Waals surface area contributed by atoms with E-state index in [1.54, 1.807) is 4.90 Å². The maximum atomic E-state index is 12.4. The van der Waals surface area contributed by atoms with Gasteiger partial charge in [0.25, 0.3) is 0 Å². The number of carbonyl (C=O) groups excluding carboxylic acids is 1. The maximum Gasteiger partial charge on any atom is 0.320 e. The summed E-state index contributed by atoms with van der Waals surface area (Å²) in [6.45, 7) is 6.64. The second-order valence-corrected chi connectivity index (χ2v) is 5.90. The number of aliphatic carboxylic acids is 1. The van der Waals surface area contributed by atoms with Crippen molar-refractivity contribution in [2.75, 3.05) is 26.2 Å². The van der Waals surface area contributed by atoms with Gasteiger partial charge in [0.15, 0.2) is 0 Å². The van der Waals surface area contributed by atoms with Crippen LogP contribution >= 0.6 is 0 Å². The van der Waals surface area contributed by atoms with Gasteiger partial charge < -0.3 is 14.9 Å². The molecule has 2 unspecified atom stereocenters. The molecule has 19 heavy (non-hydrogen) atoms. The summed E-state index contributed by atoms with van der Waals surface area (Å²) in [5.74, 6) is -0.153. The maximum absolute atomic E-state index is 12.4. The van der Waals surface area contributed by atoms with E-state index in [-0.39, 0.29) is 6.03 Å². The van der Waals surface area contributed by atoms with Crippen molar-refractivity contribution in [1.29, 1.82) is 0 Å². The number of hydrogen-bond donors (Lipinski definition) is 1. The lowest BCUT2D eigenvalue weighted by Gasteiger charge is -2.26. The van der Waals surface area contributed by atoms with Crippen LogP contribution in [0.5, 0.6) is 0 Å². The Morgan fingerprint density at radius 2 is 2.00 bits per heavy atom. The van der Waals surface area contributed by atoms with E-state index < -0.39 is 11.4 Å². The van der Waals surface area contributed by atoms with E-state index in [1.807, 2.05) is 11.8 Å². The monoisotopic (exact) mass is 268 g/mol. The molecule has 2 fully saturated rings. The van der Waals surface area contributed by atoms with Gasteiger partial charge >= 0.3 is 12.0 Å². The highest BCUT2D eigenvalue weighted by atomic mass is 16.4. The van der Waals surface area contributed by atoms with Crippen LogP contribution in [0.2, 0.25) is 0 Å². The molecule has 0 bridgehead atoms. The number of hydrogen-bond acceptors (Lipinski definition) is 2. The van der Waals surface area contributed by atoms with Crippen LogP contribution in [0.3, 0.4) is 0 Å². The van der Waals surface area contributed by atoms with Gasteiger partial charge in [0.1, 0.15) is 0 Å². The summed E-state index contributed by atoms with van der Waals surface area (Å²) in [6.07, 6.45) is 3.35. The van der Waals surface area contributed by atoms with Gasteiger partial charge in [-0.3, -0.25) is 4.79 Å². The van der Waals surface area contributed by atoms with E-state index in [0.29, 0.717) is 31.8 Å². The molecule has 0 saturated carbocycles. The molecule has 108 valence electrons. The first kappa shape index (κ1) is 14.2. The molecule has 0 aromatic rings. The predicted octanol–water partition coefficient (Wildman–Crippen LogP) is 2.03. The van der Waals surface area contributed by atoms with Crippen molar-refractivity contribution in [2.24, 2.45) is 11.3 Å². The minimum absolute atomic E-state index is 0.0347. The van der Waals surface area contributed by atoms with Crippen LogP contribution in [-0.4, -0.2) is 53.1 Å². The third-order valence-corrected chi connectivity index (χ3v) is 4.89. The molecular formula is C14H24N2O3. The molecule has 0 aromatic carbocycles. The first-order valence-corrected chi connectivity index (χ1v) is 7.29. The summed E-state index contributed by atoms with van der Waals surface area (Å²) in [6, 6.07) is 0.0347. The van der Waals surface area contributed by atoms with Crippen molar-refractivity contribution in [3.05, 3.63) is 0 Å². The van der Waals surface area contributed by atoms with Crippen LogP contribution in [0, 0.1) is 11.3 Å². The molecule has 0 aliphatic carbocycles. The predicted molar refractivity (Wildman–Crippen MR) is 71.9 cm³/mol. The molecule has 5 nitrogen and oxygen atoms in total. The first-order valence-electron chi connectivity index (χ1n) is 7.29. The summed E-state index contributed by atoms with van der Waals surface area (Å²) in [5, 5.41) is 9.36. The first-order chi connectivity index (χ1) is 9.02. The summed E-state index contributed by atoms with van der Waals surface area (Å²) in [5.41, 5.74) is -0.723. The van der Waals surface area contributed by atoms with Gasteiger partial charge in [-0.25, -0.2) is 4.79 Å². The van der Waals surface area contributed by atoms with Gasteiger partial charge in [-0.05, 0) is 25.2 Å². The average Bonchev–Trinajstić information content (AvgIpc) is 3.05. The number of carboxylic acid groups (broad SMARTS) is 1. The lowest BCUT2D eigenvalue weighted by Crippen LogP contribution is -2.43. The number of carboxylic acids is 1. The summed E-state index contributed by atoms with van der Waals surface area (Å²) in [7, 11) is 0. The number of rotatable bonds is 3. The fraction of sp³-hybridized carbons (Fsp3) is 0.857. The summed E-state index contributed by atoms with van der Waals surface area (Å²) < 4.78 is 0. The minimum atomic E-state index is -0.766. The van der Waals surface area contributed by atoms with Crippen LogP contribution in [0.25, 0.3) is 0 Å². The van der Waals surface area contributed by atoms with Crippen LogP contribution in [0.4, 0.5) is 4.79 Å². The molecular weight excluding hydrogens is 244 g/mol. The molecule has 0 radical (unpaired) electrons. The Morgan fingerprint density at radius 3 is 2.47 bits per heavy atom. The molecule has 2 saturated heterocycles. The molecule has 2 heterocycles. The topological polar surface area (TPSA) is 60.9 Å². The van der Waals surface area contributed by atoms with E-state index in [0.717, 1.165) is 25.9 Å². The Bertz CT molecular complexity index is 372. The number of likely N-dealkylation sites (tertiary alicyclic amines) is 2. The van der Waals surface area contributed by atoms with E-state index in [4.69, 9.17) is 0 Å². The molecule has 0 spiro atoms. The largest absolute Gasteiger partial charge is 0.481 e. The highest BCUT2D eigenvalue weighted by Gasteiger charge is 2.45. The molecule has 1 N–H and O–H groups in total. The number of urea groups is 1. The molecule has 5 heteroatoms. The standard InChI is InChI=1S/C14H24N2O3/c1-3-11-5-7-15(9-11)13(19)16-8-6-14(4-2,10-16)12(17)18/h11H,3-10H2,1-2H3,(H,17,18). The van der Waals surface area contributed by atoms with Gasteiger partial charge in [0.2, 0.25) is 0 Å². The normalized spacial score (nSPS) is 30.9. The lowest BCUT2D eigenvalue weighted by molar-refractivity contribution is -0.148. The van der Waals surface area contributed by atoms with E-state index in [1.165, 1.54) is 0 Å². The Kier molecular flexibility index (Phi) is 4.02. The smallest absolute Gasteiger partial charge is 0.320 e. The zero-order valence-corrected chi connectivity index (χ0v) is 11.9. The van der Waals surface area contributed by atoms with Gasteiger partial charge in [0.05, 0.1) is 5.41 Å². The van der Waals surface area contributed by atoms with Crippen LogP contribution in [0.15, 0.2) is 0 Å². The van der Waals surface area contributed by atoms with Crippen molar-refractivity contribution in [3.63, 3.8) is 0 Å². The van der Waals surface area contributed by atoms with Crippen molar-refractivity contribution in [2.45, 2.75) is 39.5 Å². The van der Waals surface area contributed by atoms with E-state index in [9.17, 15) is 14.7 Å². The van der Waals surface area contributed by atoms with Gasteiger partial charge in [0, 0.05) is 26.2 Å². The highest BCUT2D eigenvalue weighted by molar-refractivity contribution is 5.80. The number of carbonyl (C=O) groups is 2. The van der Waals surface area contributed by atoms with Crippen molar-refractivity contribution < 1.29 is 14.7 Å².